The average molecular weight is 646 g/mol. The summed E-state index contributed by atoms with van der Waals surface area (Å²) in [5.74, 6) is 1.75. The molecule has 4 fully saturated rings. The fourth-order valence-electron chi connectivity index (χ4n) is 8.16. The molecule has 2 bridgehead atoms. The van der Waals surface area contributed by atoms with Gasteiger partial charge in [-0.15, -0.1) is 0 Å². The first kappa shape index (κ1) is 33.9. The number of hydrogen-bond donors (Lipinski definition) is 5. The molecule has 3 atom stereocenters. The summed E-state index contributed by atoms with van der Waals surface area (Å²) in [6.07, 6.45) is 7.16. The van der Waals surface area contributed by atoms with E-state index in [0.29, 0.717) is 36.8 Å². The van der Waals surface area contributed by atoms with Crippen molar-refractivity contribution in [3.05, 3.63) is 95.1 Å². The predicted molar refractivity (Wildman–Crippen MR) is 182 cm³/mol. The van der Waals surface area contributed by atoms with Crippen molar-refractivity contribution in [2.45, 2.75) is 69.4 Å². The van der Waals surface area contributed by atoms with Crippen LogP contribution in [0.4, 0.5) is 0 Å². The van der Waals surface area contributed by atoms with Crippen LogP contribution in [-0.2, 0) is 23.4 Å². The van der Waals surface area contributed by atoms with Gasteiger partial charge in [-0.3, -0.25) is 0 Å². The highest BCUT2D eigenvalue weighted by Gasteiger charge is 2.48. The third-order valence-corrected chi connectivity index (χ3v) is 11.2. The molecule has 0 radical (unpaired) electrons. The predicted octanol–water partition coefficient (Wildman–Crippen LogP) is 4.83. The summed E-state index contributed by atoms with van der Waals surface area (Å²) in [5.41, 5.74) is 2.35. The van der Waals surface area contributed by atoms with Gasteiger partial charge in [0.2, 0.25) is 0 Å². The molecule has 5 N–H and O–H groups in total. The van der Waals surface area contributed by atoms with E-state index in [4.69, 9.17) is 9.47 Å². The number of phenols is 1. The van der Waals surface area contributed by atoms with E-state index in [1.807, 2.05) is 30.3 Å². The third-order valence-electron chi connectivity index (χ3n) is 11.2. The van der Waals surface area contributed by atoms with Crippen LogP contribution in [0, 0.1) is 11.8 Å². The molecule has 0 spiro atoms. The molecule has 1 saturated carbocycles. The zero-order valence-electron chi connectivity index (χ0n) is 27.6. The van der Waals surface area contributed by atoms with Crippen LogP contribution in [0.3, 0.4) is 0 Å². The molecule has 3 aromatic carbocycles. The van der Waals surface area contributed by atoms with Crippen molar-refractivity contribution in [3.8, 4) is 11.5 Å². The third kappa shape index (κ3) is 8.19. The number of aliphatic hydroxyl groups excluding tert-OH is 2. The van der Waals surface area contributed by atoms with Gasteiger partial charge in [0.05, 0.1) is 32.4 Å². The fourth-order valence-corrected chi connectivity index (χ4v) is 8.16. The molecular weight excluding hydrogens is 592 g/mol. The minimum Gasteiger partial charge on any atom is -0.508 e. The Balaban J connectivity index is 0.941. The van der Waals surface area contributed by atoms with Gasteiger partial charge in [0.25, 0.3) is 0 Å². The maximum Gasteiger partial charge on any atom is 0.137 e. The van der Waals surface area contributed by atoms with Crippen LogP contribution in [-0.4, -0.2) is 83.5 Å². The minimum atomic E-state index is -0.916. The van der Waals surface area contributed by atoms with Crippen LogP contribution in [0.2, 0.25) is 0 Å². The fraction of sp³-hybridized carbons (Fsp3) is 0.538. The second-order valence-electron chi connectivity index (χ2n) is 14.2. The summed E-state index contributed by atoms with van der Waals surface area (Å²) in [6.45, 7) is 6.20. The van der Waals surface area contributed by atoms with E-state index in [9.17, 15) is 20.4 Å². The van der Waals surface area contributed by atoms with E-state index in [1.54, 1.807) is 12.1 Å². The second kappa shape index (κ2) is 15.5. The lowest BCUT2D eigenvalue weighted by Crippen LogP contribution is -2.65. The van der Waals surface area contributed by atoms with Crippen molar-refractivity contribution >= 4 is 0 Å². The van der Waals surface area contributed by atoms with Gasteiger partial charge in [-0.25, -0.2) is 0 Å². The Hall–Kier alpha value is -2.98. The number of aliphatic hydroxyl groups is 3. The van der Waals surface area contributed by atoms with Crippen molar-refractivity contribution in [2.24, 2.45) is 11.8 Å². The maximum atomic E-state index is 12.0. The zero-order chi connectivity index (χ0) is 32.7. The normalized spacial score (nSPS) is 24.7. The van der Waals surface area contributed by atoms with Gasteiger partial charge in [0, 0.05) is 30.9 Å². The first-order valence-electron chi connectivity index (χ1n) is 17.7. The number of nitrogens with zero attached hydrogens (tertiary/aromatic N) is 1. The van der Waals surface area contributed by atoms with Crippen molar-refractivity contribution in [2.75, 3.05) is 52.5 Å². The molecule has 8 heteroatoms. The molecule has 0 aromatic heterocycles. The number of fused-ring (bicyclic) bond motifs is 3. The van der Waals surface area contributed by atoms with Gasteiger partial charge in [-0.2, -0.15) is 0 Å². The van der Waals surface area contributed by atoms with Gasteiger partial charge in [-0.1, -0.05) is 61.4 Å². The lowest BCUT2D eigenvalue weighted by Gasteiger charge is -2.52. The summed E-state index contributed by atoms with van der Waals surface area (Å²) in [5, 5.41) is 44.9. The summed E-state index contributed by atoms with van der Waals surface area (Å²) in [7, 11) is 0. The Kier molecular flexibility index (Phi) is 11.2. The Morgan fingerprint density at radius 1 is 0.936 bits per heavy atom. The molecule has 8 nitrogen and oxygen atoms in total. The molecule has 7 rings (SSSR count). The Labute approximate surface area is 279 Å². The van der Waals surface area contributed by atoms with Crippen molar-refractivity contribution in [1.82, 2.24) is 5.32 Å². The molecule has 0 amide bonds. The van der Waals surface area contributed by atoms with E-state index in [2.05, 4.69) is 29.6 Å². The monoisotopic (exact) mass is 645 g/mol. The summed E-state index contributed by atoms with van der Waals surface area (Å²) >= 11 is 0. The number of hydrogen-bond acceptors (Lipinski definition) is 7. The van der Waals surface area contributed by atoms with E-state index < -0.39 is 11.7 Å². The van der Waals surface area contributed by atoms with Crippen LogP contribution in [0.15, 0.2) is 72.8 Å². The second-order valence-corrected chi connectivity index (χ2v) is 14.2. The molecule has 0 unspecified atom stereocenters. The zero-order valence-corrected chi connectivity index (χ0v) is 27.6. The van der Waals surface area contributed by atoms with Crippen LogP contribution in [0.25, 0.3) is 0 Å². The smallest absolute Gasteiger partial charge is 0.137 e. The van der Waals surface area contributed by atoms with Gasteiger partial charge in [-0.05, 0) is 72.7 Å². The molecule has 3 saturated heterocycles. The van der Waals surface area contributed by atoms with Crippen molar-refractivity contribution < 1.29 is 34.4 Å². The number of aromatic hydroxyl groups is 1. The van der Waals surface area contributed by atoms with E-state index in [0.717, 1.165) is 54.7 Å². The largest absolute Gasteiger partial charge is 0.508 e. The molecule has 1 aliphatic carbocycles. The summed E-state index contributed by atoms with van der Waals surface area (Å²) < 4.78 is 14.0. The van der Waals surface area contributed by atoms with Gasteiger partial charge in [0.15, 0.2) is 0 Å². The molecule has 3 aliphatic heterocycles. The highest BCUT2D eigenvalue weighted by atomic mass is 16.5. The highest BCUT2D eigenvalue weighted by Crippen LogP contribution is 2.42. The molecule has 47 heavy (non-hydrogen) atoms. The lowest BCUT2D eigenvalue weighted by atomic mass is 9.80. The lowest BCUT2D eigenvalue weighted by molar-refractivity contribution is -0.946. The number of rotatable bonds is 16. The van der Waals surface area contributed by atoms with E-state index in [-0.39, 0.29) is 24.4 Å². The molecular formula is C39H53N2O6+. The van der Waals surface area contributed by atoms with E-state index >= 15 is 0 Å². The van der Waals surface area contributed by atoms with Gasteiger partial charge in [0.1, 0.15) is 42.9 Å². The number of nitrogens with one attached hydrogen (secondary N) is 1. The molecule has 3 aromatic rings. The number of benzene rings is 3. The first-order chi connectivity index (χ1) is 22.9. The Morgan fingerprint density at radius 3 is 2.40 bits per heavy atom. The molecule has 4 aliphatic rings. The number of ether oxygens (including phenoxy) is 2. The summed E-state index contributed by atoms with van der Waals surface area (Å²) in [6, 6.07) is 23.3. The van der Waals surface area contributed by atoms with Crippen LogP contribution in [0.5, 0.6) is 11.5 Å². The van der Waals surface area contributed by atoms with Crippen molar-refractivity contribution in [3.63, 3.8) is 0 Å². The van der Waals surface area contributed by atoms with Gasteiger partial charge < -0.3 is 39.7 Å². The number of piperidine rings is 3. The van der Waals surface area contributed by atoms with E-state index in [1.165, 1.54) is 50.4 Å². The first-order valence-corrected chi connectivity index (χ1v) is 17.7. The standard InChI is InChI=1S/C39H52N2O6/c42-27-32-24-31(12-15-36(32)43)37(44)25-40-19-16-29-10-13-35(14-11-29)46-23-22-41-20-17-30(18-21-41)38(26-41)47-28-39(45,34-8-4-5-9-34)33-6-2-1-3-7-33/h1-3,6-7,10-15,24,30,34,37-38,40,42,44-45H,4-5,8-9,16-23,25-28H2/p+1/t30?,37-,38-,39+,41?/m0/s1. The topological polar surface area (TPSA) is 111 Å². The highest BCUT2D eigenvalue weighted by molar-refractivity contribution is 5.36. The van der Waals surface area contributed by atoms with Crippen LogP contribution >= 0.6 is 0 Å². The Morgan fingerprint density at radius 2 is 1.68 bits per heavy atom. The minimum absolute atomic E-state index is 0.0330. The Bertz CT molecular complexity index is 1400. The van der Waals surface area contributed by atoms with Crippen LogP contribution < -0.4 is 10.1 Å². The SMILES string of the molecule is OCc1cc([C@@H](O)CNCCc2ccc(OCC[N+]34CCC(CC3)[C@@H](OC[C@@](O)(c3ccccc3)C3CCCC3)C4)cc2)ccc1O. The van der Waals surface area contributed by atoms with Gasteiger partial charge >= 0.3 is 0 Å². The average Bonchev–Trinajstić information content (AvgIpc) is 3.67. The molecule has 3 heterocycles. The number of quaternary nitrogens is 1. The van der Waals surface area contributed by atoms with Crippen molar-refractivity contribution in [1.29, 1.82) is 0 Å². The quantitative estimate of drug-likeness (QED) is 0.112. The van der Waals surface area contributed by atoms with Crippen LogP contribution in [0.1, 0.15) is 66.9 Å². The molecule has 254 valence electrons. The summed E-state index contributed by atoms with van der Waals surface area (Å²) in [4.78, 5) is 0. The maximum absolute atomic E-state index is 12.0.